The fraction of sp³-hybridized carbons (Fsp3) is 0.594. The van der Waals surface area contributed by atoms with Crippen molar-refractivity contribution in [1.82, 2.24) is 0 Å². The van der Waals surface area contributed by atoms with Gasteiger partial charge in [0.1, 0.15) is 22.8 Å². The molecule has 5 rings (SSSR count). The molecule has 0 heterocycles. The first-order valence-electron chi connectivity index (χ1n) is 14.4. The molecule has 1 aromatic carbocycles. The predicted octanol–water partition coefficient (Wildman–Crippen LogP) is 5.23. The molecule has 39 heavy (non-hydrogen) atoms. The first-order valence-corrected chi connectivity index (χ1v) is 14.4. The molecule has 4 atom stereocenters. The monoisotopic (exact) mass is 536 g/mol. The number of rotatable bonds is 5. The number of aryl methyl sites for hydroxylation is 2. The molecule has 2 saturated carbocycles. The highest BCUT2D eigenvalue weighted by Gasteiger charge is 2.63. The second kappa shape index (κ2) is 9.92. The summed E-state index contributed by atoms with van der Waals surface area (Å²) < 4.78 is 0. The van der Waals surface area contributed by atoms with Crippen molar-refractivity contribution in [3.05, 3.63) is 45.2 Å². The van der Waals surface area contributed by atoms with E-state index in [1.54, 1.807) is 13.8 Å². The van der Waals surface area contributed by atoms with Gasteiger partial charge < -0.3 is 20.4 Å². The Morgan fingerprint density at radius 3 is 2.38 bits per heavy atom. The van der Waals surface area contributed by atoms with Crippen molar-refractivity contribution >= 4 is 23.1 Å². The van der Waals surface area contributed by atoms with E-state index in [0.717, 1.165) is 30.0 Å². The van der Waals surface area contributed by atoms with Gasteiger partial charge >= 0.3 is 0 Å². The standard InChI is InChI=1S/C32H40O7/c1-15(2)23-22-14-20-13-21-16(3)12-19(11-10-18-8-6-5-7-9-18)27(34)26(21)29(36)25(20)31(38)32(22,39)30(37)24(17(4)33)28(23)35/h12,15,18,20,22-23,34,36-37,39H,5-11,13-14H2,1-4H3. The van der Waals surface area contributed by atoms with Gasteiger partial charge in [-0.1, -0.05) is 52.0 Å². The van der Waals surface area contributed by atoms with Gasteiger partial charge in [-0.2, -0.15) is 0 Å². The van der Waals surface area contributed by atoms with Gasteiger partial charge in [-0.15, -0.1) is 0 Å². The van der Waals surface area contributed by atoms with Crippen LogP contribution in [-0.2, 0) is 27.2 Å². The number of phenols is 1. The number of ketones is 3. The lowest BCUT2D eigenvalue weighted by Gasteiger charge is -2.50. The maximum atomic E-state index is 14.0. The van der Waals surface area contributed by atoms with E-state index in [1.165, 1.54) is 32.1 Å². The molecule has 210 valence electrons. The van der Waals surface area contributed by atoms with Gasteiger partial charge in [-0.3, -0.25) is 14.4 Å². The summed E-state index contributed by atoms with van der Waals surface area (Å²) in [5.74, 6) is -5.46. The Bertz CT molecular complexity index is 1310. The fourth-order valence-corrected chi connectivity index (χ4v) is 7.94. The Morgan fingerprint density at radius 1 is 1.10 bits per heavy atom. The van der Waals surface area contributed by atoms with Crippen LogP contribution in [0.2, 0.25) is 0 Å². The average Bonchev–Trinajstić information content (AvgIpc) is 2.87. The number of aliphatic hydroxyl groups excluding tert-OH is 2. The van der Waals surface area contributed by atoms with Crippen LogP contribution in [0.1, 0.15) is 88.0 Å². The van der Waals surface area contributed by atoms with E-state index in [-0.39, 0.29) is 35.0 Å². The number of hydrogen-bond donors (Lipinski definition) is 4. The summed E-state index contributed by atoms with van der Waals surface area (Å²) in [5, 5.41) is 45.7. The Hall–Kier alpha value is -2.93. The molecule has 2 fully saturated rings. The van der Waals surface area contributed by atoms with Crippen molar-refractivity contribution in [2.75, 3.05) is 0 Å². The summed E-state index contributed by atoms with van der Waals surface area (Å²) >= 11 is 0. The van der Waals surface area contributed by atoms with Crippen LogP contribution in [0, 0.1) is 36.5 Å². The molecule has 7 nitrogen and oxygen atoms in total. The quantitative estimate of drug-likeness (QED) is 0.379. The van der Waals surface area contributed by atoms with Crippen LogP contribution in [0.15, 0.2) is 23.0 Å². The zero-order valence-corrected chi connectivity index (χ0v) is 23.3. The second-order valence-electron chi connectivity index (χ2n) is 12.6. The van der Waals surface area contributed by atoms with Crippen molar-refractivity contribution < 1.29 is 34.8 Å². The molecule has 0 radical (unpaired) electrons. The highest BCUT2D eigenvalue weighted by Crippen LogP contribution is 2.55. The van der Waals surface area contributed by atoms with Gasteiger partial charge in [-0.25, -0.2) is 0 Å². The van der Waals surface area contributed by atoms with Crippen LogP contribution in [-0.4, -0.2) is 43.4 Å². The topological polar surface area (TPSA) is 132 Å². The number of phenolic OH excluding ortho intramolecular Hbond substituents is 1. The first-order chi connectivity index (χ1) is 18.4. The number of hydrogen-bond acceptors (Lipinski definition) is 7. The minimum atomic E-state index is -2.50. The van der Waals surface area contributed by atoms with Crippen LogP contribution < -0.4 is 0 Å². The summed E-state index contributed by atoms with van der Waals surface area (Å²) in [6.45, 7) is 6.66. The molecule has 7 heteroatoms. The van der Waals surface area contributed by atoms with E-state index < -0.39 is 52.0 Å². The normalized spacial score (nSPS) is 29.4. The molecule has 0 aliphatic heterocycles. The lowest BCUT2D eigenvalue weighted by molar-refractivity contribution is -0.155. The Labute approximate surface area is 229 Å². The molecule has 4 unspecified atom stereocenters. The van der Waals surface area contributed by atoms with E-state index in [0.29, 0.717) is 18.8 Å². The Balaban J connectivity index is 1.60. The molecule has 0 spiro atoms. The number of aromatic hydroxyl groups is 1. The van der Waals surface area contributed by atoms with E-state index in [2.05, 4.69) is 0 Å². The Kier molecular flexibility index (Phi) is 7.03. The van der Waals surface area contributed by atoms with Crippen molar-refractivity contribution in [2.45, 2.75) is 91.1 Å². The maximum Gasteiger partial charge on any atom is 0.202 e. The van der Waals surface area contributed by atoms with Crippen LogP contribution >= 0.6 is 0 Å². The molecule has 0 aromatic heterocycles. The number of benzene rings is 1. The Morgan fingerprint density at radius 2 is 1.77 bits per heavy atom. The van der Waals surface area contributed by atoms with E-state index in [4.69, 9.17) is 0 Å². The maximum absolute atomic E-state index is 14.0. The number of fused-ring (bicyclic) bond motifs is 3. The molecule has 1 aromatic rings. The van der Waals surface area contributed by atoms with Gasteiger partial charge in [0.25, 0.3) is 0 Å². The molecule has 0 bridgehead atoms. The molecular formula is C32H40O7. The van der Waals surface area contributed by atoms with Gasteiger partial charge in [0.15, 0.2) is 17.2 Å². The fourth-order valence-electron chi connectivity index (χ4n) is 7.94. The molecule has 4 aliphatic rings. The molecule has 0 amide bonds. The highest BCUT2D eigenvalue weighted by atomic mass is 16.3. The smallest absolute Gasteiger partial charge is 0.202 e. The van der Waals surface area contributed by atoms with E-state index >= 15 is 0 Å². The largest absolute Gasteiger partial charge is 0.508 e. The van der Waals surface area contributed by atoms with Gasteiger partial charge in [0.2, 0.25) is 5.78 Å². The number of carbonyl (C=O) groups excluding carboxylic acids is 3. The average molecular weight is 537 g/mol. The zero-order valence-electron chi connectivity index (χ0n) is 23.3. The van der Waals surface area contributed by atoms with Gasteiger partial charge in [0, 0.05) is 17.4 Å². The SMILES string of the molecule is CC(=O)C1=C(O)C2(O)C(=O)C3=C(O)c4c(O)c(CCC5CCCCC5)cc(C)c4CC3CC2C(C(C)C)C1=O. The highest BCUT2D eigenvalue weighted by molar-refractivity contribution is 6.24. The molecule has 0 saturated heterocycles. The van der Waals surface area contributed by atoms with Crippen LogP contribution in [0.5, 0.6) is 5.75 Å². The summed E-state index contributed by atoms with van der Waals surface area (Å²) in [6.07, 6.45) is 8.26. The minimum absolute atomic E-state index is 0.0418. The summed E-state index contributed by atoms with van der Waals surface area (Å²) in [4.78, 5) is 39.7. The van der Waals surface area contributed by atoms with Crippen molar-refractivity contribution in [3.63, 3.8) is 0 Å². The first kappa shape index (κ1) is 27.6. The number of carbonyl (C=O) groups is 3. The van der Waals surface area contributed by atoms with Crippen molar-refractivity contribution in [2.24, 2.45) is 29.6 Å². The zero-order chi connectivity index (χ0) is 28.4. The van der Waals surface area contributed by atoms with E-state index in [9.17, 15) is 34.8 Å². The lowest BCUT2D eigenvalue weighted by atomic mass is 9.54. The lowest BCUT2D eigenvalue weighted by Crippen LogP contribution is -2.61. The van der Waals surface area contributed by atoms with Crippen LogP contribution in [0.25, 0.3) is 5.76 Å². The minimum Gasteiger partial charge on any atom is -0.508 e. The number of aliphatic hydroxyl groups is 3. The third kappa shape index (κ3) is 4.16. The van der Waals surface area contributed by atoms with Gasteiger partial charge in [0.05, 0.1) is 5.56 Å². The van der Waals surface area contributed by atoms with Crippen LogP contribution in [0.4, 0.5) is 0 Å². The summed E-state index contributed by atoms with van der Waals surface area (Å²) in [6, 6.07) is 1.98. The van der Waals surface area contributed by atoms with Crippen molar-refractivity contribution in [3.8, 4) is 5.75 Å². The van der Waals surface area contributed by atoms with Crippen LogP contribution in [0.3, 0.4) is 0 Å². The second-order valence-corrected chi connectivity index (χ2v) is 12.6. The summed E-state index contributed by atoms with van der Waals surface area (Å²) in [5.41, 5.74) is -0.464. The molecule has 4 aliphatic carbocycles. The number of allylic oxidation sites excluding steroid dienone is 1. The van der Waals surface area contributed by atoms with E-state index in [1.807, 2.05) is 13.0 Å². The third-order valence-corrected chi connectivity index (χ3v) is 9.92. The summed E-state index contributed by atoms with van der Waals surface area (Å²) in [7, 11) is 0. The van der Waals surface area contributed by atoms with Crippen molar-refractivity contribution in [1.29, 1.82) is 0 Å². The molecular weight excluding hydrogens is 496 g/mol. The number of Topliss-reactive ketones (excluding diaryl/α,β-unsaturated/α-hetero) is 3. The predicted molar refractivity (Wildman–Crippen MR) is 146 cm³/mol. The van der Waals surface area contributed by atoms with Gasteiger partial charge in [-0.05, 0) is 74.0 Å². The molecule has 4 N–H and O–H groups in total. The third-order valence-electron chi connectivity index (χ3n) is 9.92.